The zero-order valence-electron chi connectivity index (χ0n) is 11.3. The Morgan fingerprint density at radius 3 is 2.94 bits per heavy atom. The predicted octanol–water partition coefficient (Wildman–Crippen LogP) is 1.81. The number of likely N-dealkylation sites (tertiary alicyclic amines) is 1. The average Bonchev–Trinajstić information content (AvgIpc) is 2.35. The fourth-order valence-electron chi connectivity index (χ4n) is 2.99. The molecule has 2 aliphatic rings. The fraction of sp³-hybridized carbons (Fsp3) is 0.600. The Labute approximate surface area is 109 Å². The maximum Gasteiger partial charge on any atom is 0.131 e. The lowest BCUT2D eigenvalue weighted by Gasteiger charge is -2.47. The van der Waals surface area contributed by atoms with E-state index in [1.807, 2.05) is 0 Å². The first-order chi connectivity index (χ1) is 8.68. The van der Waals surface area contributed by atoms with Gasteiger partial charge >= 0.3 is 0 Å². The first-order valence-electron chi connectivity index (χ1n) is 6.92. The number of nitrogens with zero attached hydrogens (tertiary/aromatic N) is 1. The molecule has 1 fully saturated rings. The van der Waals surface area contributed by atoms with Gasteiger partial charge in [-0.25, -0.2) is 0 Å². The highest BCUT2D eigenvalue weighted by Gasteiger charge is 2.39. The molecule has 0 spiro atoms. The van der Waals surface area contributed by atoms with Gasteiger partial charge in [0.05, 0.1) is 0 Å². The summed E-state index contributed by atoms with van der Waals surface area (Å²) >= 11 is 0. The maximum absolute atomic E-state index is 6.17. The molecule has 0 bridgehead atoms. The van der Waals surface area contributed by atoms with Gasteiger partial charge in [-0.3, -0.25) is 4.90 Å². The summed E-state index contributed by atoms with van der Waals surface area (Å²) in [5.41, 5.74) is 2.87. The molecule has 0 saturated carbocycles. The molecule has 3 rings (SSSR count). The van der Waals surface area contributed by atoms with Gasteiger partial charge in [0, 0.05) is 19.6 Å². The lowest BCUT2D eigenvalue weighted by Crippen LogP contribution is -2.62. The summed E-state index contributed by atoms with van der Waals surface area (Å²) in [6.07, 6.45) is 1.14. The predicted molar refractivity (Wildman–Crippen MR) is 73.0 cm³/mol. The first kappa shape index (κ1) is 12.0. The van der Waals surface area contributed by atoms with Crippen molar-refractivity contribution in [3.8, 4) is 5.75 Å². The first-order valence-corrected chi connectivity index (χ1v) is 6.92. The molecule has 1 saturated heterocycles. The Morgan fingerprint density at radius 1 is 1.33 bits per heavy atom. The molecule has 0 aliphatic carbocycles. The molecule has 0 aromatic heterocycles. The van der Waals surface area contributed by atoms with Gasteiger partial charge in [-0.15, -0.1) is 0 Å². The van der Waals surface area contributed by atoms with Crippen LogP contribution in [0.1, 0.15) is 25.0 Å². The van der Waals surface area contributed by atoms with Gasteiger partial charge in [0.25, 0.3) is 0 Å². The van der Waals surface area contributed by atoms with Crippen molar-refractivity contribution in [2.24, 2.45) is 0 Å². The molecule has 1 N–H and O–H groups in total. The smallest absolute Gasteiger partial charge is 0.131 e. The minimum atomic E-state index is 0.00629. The van der Waals surface area contributed by atoms with Gasteiger partial charge in [0.1, 0.15) is 11.4 Å². The second kappa shape index (κ2) is 4.56. The Bertz CT molecular complexity index is 438. The van der Waals surface area contributed by atoms with Crippen molar-refractivity contribution in [2.75, 3.05) is 26.2 Å². The largest absolute Gasteiger partial charge is 0.485 e. The van der Waals surface area contributed by atoms with Crippen LogP contribution >= 0.6 is 0 Å². The molecule has 0 unspecified atom stereocenters. The van der Waals surface area contributed by atoms with Gasteiger partial charge in [0.15, 0.2) is 0 Å². The quantitative estimate of drug-likeness (QED) is 0.880. The summed E-state index contributed by atoms with van der Waals surface area (Å²) in [7, 11) is 0. The maximum atomic E-state index is 6.17. The second-order valence-corrected chi connectivity index (χ2v) is 5.71. The van der Waals surface area contributed by atoms with Crippen LogP contribution in [-0.4, -0.2) is 36.7 Å². The molecule has 3 nitrogen and oxygen atoms in total. The third-order valence-electron chi connectivity index (χ3n) is 3.99. The van der Waals surface area contributed by atoms with Gasteiger partial charge in [-0.05, 0) is 49.7 Å². The molecule has 1 aromatic rings. The van der Waals surface area contributed by atoms with E-state index in [1.54, 1.807) is 0 Å². The Hall–Kier alpha value is -1.06. The highest BCUT2D eigenvalue weighted by atomic mass is 16.5. The van der Waals surface area contributed by atoms with Crippen molar-refractivity contribution in [2.45, 2.75) is 32.4 Å². The summed E-state index contributed by atoms with van der Waals surface area (Å²) in [4.78, 5) is 2.40. The van der Waals surface area contributed by atoms with Crippen molar-refractivity contribution < 1.29 is 4.74 Å². The summed E-state index contributed by atoms with van der Waals surface area (Å²) in [5, 5.41) is 3.41. The SMILES string of the molecule is CCN1CC(C)(Oc2ccc3c(c2)CNCC3)C1. The average molecular weight is 246 g/mol. The number of benzene rings is 1. The number of hydrogen-bond donors (Lipinski definition) is 1. The van der Waals surface area contributed by atoms with E-state index >= 15 is 0 Å². The fourth-order valence-corrected chi connectivity index (χ4v) is 2.99. The van der Waals surface area contributed by atoms with Crippen LogP contribution in [0.2, 0.25) is 0 Å². The lowest BCUT2D eigenvalue weighted by atomic mass is 9.96. The highest BCUT2D eigenvalue weighted by Crippen LogP contribution is 2.29. The Kier molecular flexibility index (Phi) is 3.04. The topological polar surface area (TPSA) is 24.5 Å². The Balaban J connectivity index is 1.70. The van der Waals surface area contributed by atoms with Crippen molar-refractivity contribution >= 4 is 0 Å². The summed E-state index contributed by atoms with van der Waals surface area (Å²) in [6, 6.07) is 6.57. The lowest BCUT2D eigenvalue weighted by molar-refractivity contribution is -0.0606. The molecule has 0 amide bonds. The van der Waals surface area contributed by atoms with E-state index in [0.29, 0.717) is 0 Å². The van der Waals surface area contributed by atoms with Crippen molar-refractivity contribution in [3.63, 3.8) is 0 Å². The molecular weight excluding hydrogens is 224 g/mol. The highest BCUT2D eigenvalue weighted by molar-refractivity contribution is 5.37. The number of hydrogen-bond acceptors (Lipinski definition) is 3. The van der Waals surface area contributed by atoms with Crippen LogP contribution in [-0.2, 0) is 13.0 Å². The van der Waals surface area contributed by atoms with Crippen molar-refractivity contribution in [1.82, 2.24) is 10.2 Å². The monoisotopic (exact) mass is 246 g/mol. The van der Waals surface area contributed by atoms with Crippen LogP contribution in [0.15, 0.2) is 18.2 Å². The number of rotatable bonds is 3. The van der Waals surface area contributed by atoms with Crippen molar-refractivity contribution in [3.05, 3.63) is 29.3 Å². The molecule has 18 heavy (non-hydrogen) atoms. The number of fused-ring (bicyclic) bond motifs is 1. The van der Waals surface area contributed by atoms with Crippen LogP contribution < -0.4 is 10.1 Å². The van der Waals surface area contributed by atoms with E-state index in [2.05, 4.69) is 42.3 Å². The standard InChI is InChI=1S/C15H22N2O/c1-3-17-10-15(2,11-17)18-14-5-4-12-6-7-16-9-13(12)8-14/h4-5,8,16H,3,6-7,9-11H2,1-2H3. The third-order valence-corrected chi connectivity index (χ3v) is 3.99. The van der Waals surface area contributed by atoms with E-state index in [0.717, 1.165) is 44.9 Å². The van der Waals surface area contributed by atoms with E-state index in [1.165, 1.54) is 11.1 Å². The third kappa shape index (κ3) is 2.25. The Morgan fingerprint density at radius 2 is 2.17 bits per heavy atom. The van der Waals surface area contributed by atoms with E-state index in [9.17, 15) is 0 Å². The van der Waals surface area contributed by atoms with Gasteiger partial charge in [0.2, 0.25) is 0 Å². The minimum Gasteiger partial charge on any atom is -0.485 e. The molecule has 98 valence electrons. The van der Waals surface area contributed by atoms with Crippen LogP contribution in [0.3, 0.4) is 0 Å². The summed E-state index contributed by atoms with van der Waals surface area (Å²) in [5.74, 6) is 1.02. The van der Waals surface area contributed by atoms with Gasteiger partial charge in [-0.1, -0.05) is 13.0 Å². The zero-order valence-corrected chi connectivity index (χ0v) is 11.3. The van der Waals surface area contributed by atoms with Crippen LogP contribution in [0.5, 0.6) is 5.75 Å². The molecule has 3 heteroatoms. The minimum absolute atomic E-state index is 0.00629. The molecule has 0 radical (unpaired) electrons. The zero-order chi connectivity index (χ0) is 12.6. The van der Waals surface area contributed by atoms with Crippen molar-refractivity contribution in [1.29, 1.82) is 0 Å². The molecule has 0 atom stereocenters. The normalized spacial score (nSPS) is 22.1. The van der Waals surface area contributed by atoms with E-state index in [-0.39, 0.29) is 5.60 Å². The number of likely N-dealkylation sites (N-methyl/N-ethyl adjacent to an activating group) is 1. The van der Waals surface area contributed by atoms with Gasteiger partial charge in [-0.2, -0.15) is 0 Å². The second-order valence-electron chi connectivity index (χ2n) is 5.71. The van der Waals surface area contributed by atoms with Crippen LogP contribution in [0.4, 0.5) is 0 Å². The van der Waals surface area contributed by atoms with Crippen LogP contribution in [0.25, 0.3) is 0 Å². The summed E-state index contributed by atoms with van der Waals surface area (Å²) < 4.78 is 6.17. The number of ether oxygens (including phenoxy) is 1. The van der Waals surface area contributed by atoms with E-state index in [4.69, 9.17) is 4.74 Å². The molecule has 2 heterocycles. The number of nitrogens with one attached hydrogen (secondary N) is 1. The molecule has 2 aliphatic heterocycles. The van der Waals surface area contributed by atoms with E-state index < -0.39 is 0 Å². The van der Waals surface area contributed by atoms with Gasteiger partial charge < -0.3 is 10.1 Å². The molecular formula is C15H22N2O. The molecule has 1 aromatic carbocycles. The van der Waals surface area contributed by atoms with Crippen LogP contribution in [0, 0.1) is 0 Å². The summed E-state index contributed by atoms with van der Waals surface area (Å²) in [6.45, 7) is 9.67.